The van der Waals surface area contributed by atoms with Gasteiger partial charge in [-0.1, -0.05) is 30.3 Å². The lowest BCUT2D eigenvalue weighted by atomic mass is 9.98. The highest BCUT2D eigenvalue weighted by Gasteiger charge is 2.53. The zero-order chi connectivity index (χ0) is 38.9. The highest BCUT2D eigenvalue weighted by Crippen LogP contribution is 2.37. The number of methoxy groups -OCH3 is 1. The van der Waals surface area contributed by atoms with E-state index in [1.165, 1.54) is 37.4 Å². The molecular weight excluding hydrogens is 712 g/mol. The van der Waals surface area contributed by atoms with Crippen LogP contribution < -0.4 is 24.6 Å². The zero-order valence-electron chi connectivity index (χ0n) is 29.8. The van der Waals surface area contributed by atoms with Gasteiger partial charge in [-0.3, -0.25) is 19.2 Å². The monoisotopic (exact) mass is 748 g/mol. The molecule has 0 bridgehead atoms. The molecule has 284 valence electrons. The molecule has 16 heteroatoms. The van der Waals surface area contributed by atoms with Crippen LogP contribution in [0.15, 0.2) is 82.0 Å². The van der Waals surface area contributed by atoms with Crippen molar-refractivity contribution in [1.82, 2.24) is 0 Å². The van der Waals surface area contributed by atoms with Crippen LogP contribution in [-0.2, 0) is 49.5 Å². The summed E-state index contributed by atoms with van der Waals surface area (Å²) in [6.45, 7) is 3.91. The van der Waals surface area contributed by atoms with Gasteiger partial charge < -0.3 is 47.0 Å². The Morgan fingerprint density at radius 3 is 1.96 bits per heavy atom. The van der Waals surface area contributed by atoms with Gasteiger partial charge in [0.2, 0.25) is 12.4 Å². The summed E-state index contributed by atoms with van der Waals surface area (Å²) in [7, 11) is 1.53. The van der Waals surface area contributed by atoms with Crippen molar-refractivity contribution in [1.29, 1.82) is 0 Å². The Kier molecular flexibility index (Phi) is 12.5. The first-order valence-electron chi connectivity index (χ1n) is 16.4. The minimum Gasteiger partial charge on any atom is -0.497 e. The number of hydrogen-bond donors (Lipinski definition) is 0. The lowest BCUT2D eigenvalue weighted by Crippen LogP contribution is -2.63. The van der Waals surface area contributed by atoms with Crippen molar-refractivity contribution in [2.24, 2.45) is 0 Å². The third-order valence-electron chi connectivity index (χ3n) is 7.74. The summed E-state index contributed by atoms with van der Waals surface area (Å²) in [6.07, 6.45) is -7.22. The minimum atomic E-state index is -1.56. The first-order valence-corrected chi connectivity index (χ1v) is 16.4. The Bertz CT molecular complexity index is 2060. The van der Waals surface area contributed by atoms with Gasteiger partial charge in [-0.25, -0.2) is 9.59 Å². The van der Waals surface area contributed by atoms with Crippen LogP contribution in [0.5, 0.6) is 23.0 Å². The van der Waals surface area contributed by atoms with Gasteiger partial charge in [0.15, 0.2) is 18.0 Å². The van der Waals surface area contributed by atoms with E-state index in [0.29, 0.717) is 11.3 Å². The molecule has 54 heavy (non-hydrogen) atoms. The first kappa shape index (κ1) is 38.8. The van der Waals surface area contributed by atoms with Crippen LogP contribution >= 0.6 is 0 Å². The van der Waals surface area contributed by atoms with Crippen LogP contribution in [-0.4, -0.2) is 74.3 Å². The van der Waals surface area contributed by atoms with Crippen molar-refractivity contribution in [2.45, 2.75) is 65.0 Å². The summed E-state index contributed by atoms with van der Waals surface area (Å²) in [5.41, 5.74) is -0.263. The standard InChI is InChI=1S/C38H36O16/c1-20(39)46-19-30-32(48-21(2)40)33(49-22(3)41)35(50-23(4)42)38(53-30)51-27-15-16-28-29(17-27)52-37(44)34(54-36(43)25-9-7-6-8-10-25)31(28)47-18-24-11-13-26(45-5)14-12-24/h6-17,30,32-33,35,38H,18-19H2,1-5H3/t30-,32-,33+,35+,38+/m1/s1. The Labute approximate surface area is 307 Å². The molecule has 16 nitrogen and oxygen atoms in total. The quantitative estimate of drug-likeness (QED) is 0.108. The van der Waals surface area contributed by atoms with Crippen molar-refractivity contribution < 1.29 is 71.0 Å². The molecule has 5 atom stereocenters. The van der Waals surface area contributed by atoms with Crippen molar-refractivity contribution in [2.75, 3.05) is 13.7 Å². The number of ether oxygens (including phenoxy) is 9. The number of carbonyl (C=O) groups is 5. The van der Waals surface area contributed by atoms with E-state index in [2.05, 4.69) is 0 Å². The SMILES string of the molecule is COc1ccc(COc2c(OC(=O)c3ccccc3)c(=O)oc3cc(O[C@H]4O[C@H](COC(C)=O)[C@@H](OC(C)=O)[C@H](OC(C)=O)[C@@H]4OC(C)=O)ccc23)cc1. The maximum absolute atomic E-state index is 13.4. The van der Waals surface area contributed by atoms with Gasteiger partial charge in [-0.15, -0.1) is 0 Å². The molecule has 0 aliphatic carbocycles. The molecule has 1 aromatic heterocycles. The van der Waals surface area contributed by atoms with Crippen molar-refractivity contribution in [3.8, 4) is 23.0 Å². The number of benzene rings is 3. The molecule has 0 radical (unpaired) electrons. The molecule has 1 aliphatic rings. The van der Waals surface area contributed by atoms with Gasteiger partial charge >= 0.3 is 35.5 Å². The van der Waals surface area contributed by atoms with Crippen LogP contribution in [0.2, 0.25) is 0 Å². The fraction of sp³-hybridized carbons (Fsp3) is 0.316. The van der Waals surface area contributed by atoms with E-state index in [4.69, 9.17) is 47.0 Å². The van der Waals surface area contributed by atoms with Gasteiger partial charge in [0, 0.05) is 33.8 Å². The Balaban J connectivity index is 1.53. The molecule has 0 N–H and O–H groups in total. The summed E-state index contributed by atoms with van der Waals surface area (Å²) in [5.74, 6) is -3.97. The summed E-state index contributed by atoms with van der Waals surface area (Å²) in [6, 6.07) is 19.2. The van der Waals surface area contributed by atoms with E-state index in [0.717, 1.165) is 27.7 Å². The highest BCUT2D eigenvalue weighted by molar-refractivity contribution is 5.93. The Morgan fingerprint density at radius 2 is 1.33 bits per heavy atom. The lowest BCUT2D eigenvalue weighted by Gasteiger charge is -2.43. The fourth-order valence-electron chi connectivity index (χ4n) is 5.46. The third kappa shape index (κ3) is 9.71. The van der Waals surface area contributed by atoms with Crippen molar-refractivity contribution >= 4 is 40.8 Å². The van der Waals surface area contributed by atoms with Crippen molar-refractivity contribution in [3.05, 3.63) is 94.3 Å². The summed E-state index contributed by atoms with van der Waals surface area (Å²) >= 11 is 0. The number of carbonyl (C=O) groups excluding carboxylic acids is 5. The Morgan fingerprint density at radius 1 is 0.704 bits per heavy atom. The minimum absolute atomic E-state index is 0.0123. The van der Waals surface area contributed by atoms with Crippen molar-refractivity contribution in [3.63, 3.8) is 0 Å². The van der Waals surface area contributed by atoms with E-state index in [1.807, 2.05) is 0 Å². The van der Waals surface area contributed by atoms with E-state index in [1.54, 1.807) is 42.5 Å². The highest BCUT2D eigenvalue weighted by atomic mass is 16.7. The maximum Gasteiger partial charge on any atom is 0.383 e. The summed E-state index contributed by atoms with van der Waals surface area (Å²) in [5, 5.41) is 0.202. The van der Waals surface area contributed by atoms with Gasteiger partial charge in [0.25, 0.3) is 5.75 Å². The van der Waals surface area contributed by atoms with E-state index in [9.17, 15) is 28.8 Å². The second-order valence-electron chi connectivity index (χ2n) is 11.8. The zero-order valence-corrected chi connectivity index (χ0v) is 29.8. The molecular formula is C38H36O16. The van der Waals surface area contributed by atoms with Crippen LogP contribution in [0.4, 0.5) is 0 Å². The fourth-order valence-corrected chi connectivity index (χ4v) is 5.46. The van der Waals surface area contributed by atoms with E-state index in [-0.39, 0.29) is 34.6 Å². The predicted octanol–water partition coefficient (Wildman–Crippen LogP) is 4.06. The molecule has 2 heterocycles. The molecule has 0 amide bonds. The molecule has 0 spiro atoms. The molecule has 1 aliphatic heterocycles. The number of hydrogen-bond acceptors (Lipinski definition) is 16. The number of rotatable bonds is 13. The smallest absolute Gasteiger partial charge is 0.383 e. The molecule has 5 rings (SSSR count). The topological polar surface area (TPSA) is 199 Å². The number of fused-ring (bicyclic) bond motifs is 1. The maximum atomic E-state index is 13.4. The second kappa shape index (κ2) is 17.4. The molecule has 1 fully saturated rings. The van der Waals surface area contributed by atoms with Gasteiger partial charge in [-0.05, 0) is 42.0 Å². The first-order chi connectivity index (χ1) is 25.8. The predicted molar refractivity (Wildman–Crippen MR) is 184 cm³/mol. The average Bonchev–Trinajstić information content (AvgIpc) is 3.13. The molecule has 0 saturated carbocycles. The van der Waals surface area contributed by atoms with Crippen LogP contribution in [0.3, 0.4) is 0 Å². The molecule has 3 aromatic carbocycles. The van der Waals surface area contributed by atoms with Crippen LogP contribution in [0, 0.1) is 0 Å². The van der Waals surface area contributed by atoms with Gasteiger partial charge in [0.05, 0.1) is 18.1 Å². The summed E-state index contributed by atoms with van der Waals surface area (Å²) < 4.78 is 56.0. The molecule has 4 aromatic rings. The molecule has 0 unspecified atom stereocenters. The second-order valence-corrected chi connectivity index (χ2v) is 11.8. The van der Waals surface area contributed by atoms with Crippen LogP contribution in [0.1, 0.15) is 43.6 Å². The molecule has 1 saturated heterocycles. The average molecular weight is 749 g/mol. The third-order valence-corrected chi connectivity index (χ3v) is 7.74. The van der Waals surface area contributed by atoms with E-state index < -0.39 is 78.5 Å². The normalized spacial score (nSPS) is 19.2. The van der Waals surface area contributed by atoms with Crippen LogP contribution in [0.25, 0.3) is 11.0 Å². The Hall–Kier alpha value is -6.42. The van der Waals surface area contributed by atoms with E-state index >= 15 is 0 Å². The van der Waals surface area contributed by atoms with Gasteiger partial charge in [-0.2, -0.15) is 0 Å². The van der Waals surface area contributed by atoms with Gasteiger partial charge in [0.1, 0.15) is 36.4 Å². The lowest BCUT2D eigenvalue weighted by molar-refractivity contribution is -0.288. The number of esters is 5. The largest absolute Gasteiger partial charge is 0.497 e. The summed E-state index contributed by atoms with van der Waals surface area (Å²) in [4.78, 5) is 74.7.